The number of fused-ring (bicyclic) bond motifs is 1. The second-order valence-corrected chi connectivity index (χ2v) is 5.57. The monoisotopic (exact) mass is 208 g/mol. The highest BCUT2D eigenvalue weighted by molar-refractivity contribution is 9.10. The lowest BCUT2D eigenvalue weighted by Crippen LogP contribution is -1.91. The molecule has 0 heterocycles. The molecule has 2 rings (SSSR count). The molecule has 0 radical (unpaired) electrons. The van der Waals surface area contributed by atoms with Crippen molar-refractivity contribution in [3.05, 3.63) is 0 Å². The molecule has 0 aromatic carbocycles. The fourth-order valence-electron chi connectivity index (χ4n) is 1.98. The van der Waals surface area contributed by atoms with Gasteiger partial charge in [0.05, 0.1) is 0 Å². The minimum atomic E-state index is 0.0313. The van der Waals surface area contributed by atoms with Gasteiger partial charge in [0, 0.05) is 0 Å². The van der Waals surface area contributed by atoms with Crippen LogP contribution in [-0.4, -0.2) is 3.78 Å². The van der Waals surface area contributed by atoms with E-state index >= 15 is 0 Å². The summed E-state index contributed by atoms with van der Waals surface area (Å²) >= 11 is 9.68. The van der Waals surface area contributed by atoms with Crippen LogP contribution in [0, 0.1) is 11.8 Å². The highest BCUT2D eigenvalue weighted by atomic mass is 79.9. The van der Waals surface area contributed by atoms with Crippen LogP contribution in [0.3, 0.4) is 0 Å². The molecule has 0 bridgehead atoms. The van der Waals surface area contributed by atoms with E-state index < -0.39 is 0 Å². The smallest absolute Gasteiger partial charge is 0.106 e. The van der Waals surface area contributed by atoms with Crippen LogP contribution in [-0.2, 0) is 0 Å². The van der Waals surface area contributed by atoms with Crippen molar-refractivity contribution in [2.24, 2.45) is 11.8 Å². The maximum atomic E-state index is 6.13. The lowest BCUT2D eigenvalue weighted by atomic mass is 10.0. The summed E-state index contributed by atoms with van der Waals surface area (Å²) in [5, 5.41) is 0. The van der Waals surface area contributed by atoms with Crippen LogP contribution in [0.2, 0.25) is 0 Å². The standard InChI is InChI=1S/C7H10BrCl/c8-7(9)5-3-1-2-4-6(5)7/h5-6H,1-4H2/t5-,6+,7?. The van der Waals surface area contributed by atoms with Crippen LogP contribution in [0.5, 0.6) is 0 Å². The first-order chi connectivity index (χ1) is 4.23. The van der Waals surface area contributed by atoms with E-state index in [4.69, 9.17) is 11.6 Å². The van der Waals surface area contributed by atoms with E-state index in [9.17, 15) is 0 Å². The molecule has 0 amide bonds. The Bertz CT molecular complexity index is 119. The van der Waals surface area contributed by atoms with Gasteiger partial charge in [0.2, 0.25) is 0 Å². The van der Waals surface area contributed by atoms with Gasteiger partial charge in [0.15, 0.2) is 0 Å². The van der Waals surface area contributed by atoms with Gasteiger partial charge in [0.1, 0.15) is 3.78 Å². The predicted octanol–water partition coefficient (Wildman–Crippen LogP) is 3.14. The molecule has 0 aromatic rings. The van der Waals surface area contributed by atoms with Crippen molar-refractivity contribution in [3.8, 4) is 0 Å². The quantitative estimate of drug-likeness (QED) is 0.538. The molecule has 0 nitrogen and oxygen atoms in total. The maximum Gasteiger partial charge on any atom is 0.106 e. The van der Waals surface area contributed by atoms with Gasteiger partial charge in [0.25, 0.3) is 0 Å². The number of hydrogen-bond acceptors (Lipinski definition) is 0. The van der Waals surface area contributed by atoms with Gasteiger partial charge in [-0.15, -0.1) is 11.6 Å². The summed E-state index contributed by atoms with van der Waals surface area (Å²) < 4.78 is 0.0313. The Labute approximate surface area is 69.1 Å². The van der Waals surface area contributed by atoms with Crippen LogP contribution in [0.25, 0.3) is 0 Å². The fraction of sp³-hybridized carbons (Fsp3) is 1.00. The fourth-order valence-corrected chi connectivity index (χ4v) is 3.40. The van der Waals surface area contributed by atoms with Crippen LogP contribution >= 0.6 is 27.5 Å². The first-order valence-corrected chi connectivity index (χ1v) is 4.78. The van der Waals surface area contributed by atoms with Gasteiger partial charge in [-0.2, -0.15) is 0 Å². The third kappa shape index (κ3) is 0.848. The van der Waals surface area contributed by atoms with Crippen molar-refractivity contribution in [2.45, 2.75) is 29.5 Å². The molecular formula is C7H10BrCl. The summed E-state index contributed by atoms with van der Waals surface area (Å²) in [7, 11) is 0. The first-order valence-electron chi connectivity index (χ1n) is 3.61. The summed E-state index contributed by atoms with van der Waals surface area (Å²) in [5.41, 5.74) is 0. The Hall–Kier alpha value is 0.770. The molecule has 1 unspecified atom stereocenters. The van der Waals surface area contributed by atoms with Gasteiger partial charge >= 0.3 is 0 Å². The van der Waals surface area contributed by atoms with Crippen LogP contribution in [0.1, 0.15) is 25.7 Å². The second kappa shape index (κ2) is 1.88. The summed E-state index contributed by atoms with van der Waals surface area (Å²) in [5.74, 6) is 1.60. The molecule has 2 saturated carbocycles. The Morgan fingerprint density at radius 1 is 1.22 bits per heavy atom. The molecule has 0 saturated heterocycles. The van der Waals surface area contributed by atoms with E-state index in [0.717, 1.165) is 11.8 Å². The zero-order valence-corrected chi connectivity index (χ0v) is 7.58. The second-order valence-electron chi connectivity index (χ2n) is 3.17. The Morgan fingerprint density at radius 2 is 1.67 bits per heavy atom. The number of hydrogen-bond donors (Lipinski definition) is 0. The number of alkyl halides is 2. The first kappa shape index (κ1) is 6.48. The third-order valence-corrected chi connectivity index (χ3v) is 4.38. The predicted molar refractivity (Wildman–Crippen MR) is 43.0 cm³/mol. The lowest BCUT2D eigenvalue weighted by Gasteiger charge is -2.04. The molecule has 2 fully saturated rings. The van der Waals surface area contributed by atoms with Crippen molar-refractivity contribution in [1.82, 2.24) is 0 Å². The molecule has 0 aliphatic heterocycles. The van der Waals surface area contributed by atoms with E-state index in [1.807, 2.05) is 0 Å². The zero-order chi connectivity index (χ0) is 6.48. The topological polar surface area (TPSA) is 0 Å². The molecular weight excluding hydrogens is 199 g/mol. The molecule has 0 spiro atoms. The molecule has 0 aromatic heterocycles. The summed E-state index contributed by atoms with van der Waals surface area (Å²) in [4.78, 5) is 0. The van der Waals surface area contributed by atoms with Gasteiger partial charge in [-0.3, -0.25) is 0 Å². The highest BCUT2D eigenvalue weighted by Crippen LogP contribution is 2.66. The van der Waals surface area contributed by atoms with Crippen LogP contribution < -0.4 is 0 Å². The molecule has 2 heteroatoms. The zero-order valence-electron chi connectivity index (χ0n) is 5.24. The van der Waals surface area contributed by atoms with E-state index in [1.165, 1.54) is 25.7 Å². The van der Waals surface area contributed by atoms with E-state index in [-0.39, 0.29) is 3.78 Å². The van der Waals surface area contributed by atoms with Gasteiger partial charge < -0.3 is 0 Å². The molecule has 52 valence electrons. The van der Waals surface area contributed by atoms with Crippen molar-refractivity contribution < 1.29 is 0 Å². The molecule has 2 aliphatic carbocycles. The number of rotatable bonds is 0. The largest absolute Gasteiger partial charge is 0.106 e. The minimum absolute atomic E-state index is 0.0313. The third-order valence-electron chi connectivity index (χ3n) is 2.65. The molecule has 9 heavy (non-hydrogen) atoms. The van der Waals surface area contributed by atoms with Crippen molar-refractivity contribution in [2.75, 3.05) is 0 Å². The van der Waals surface area contributed by atoms with Gasteiger partial charge in [-0.1, -0.05) is 28.8 Å². The minimum Gasteiger partial charge on any atom is -0.106 e. The Morgan fingerprint density at radius 3 is 2.00 bits per heavy atom. The average Bonchev–Trinajstić information content (AvgIpc) is 2.39. The highest BCUT2D eigenvalue weighted by Gasteiger charge is 2.62. The SMILES string of the molecule is ClC1(Br)[C@@H]2CCCC[C@@H]21. The van der Waals surface area contributed by atoms with Gasteiger partial charge in [-0.25, -0.2) is 0 Å². The summed E-state index contributed by atoms with van der Waals surface area (Å²) in [6.07, 6.45) is 5.47. The number of halogens is 2. The molecule has 0 N–H and O–H groups in total. The lowest BCUT2D eigenvalue weighted by molar-refractivity contribution is 0.480. The normalized spacial score (nSPS) is 56.7. The Kier molecular flexibility index (Phi) is 1.36. The average molecular weight is 210 g/mol. The van der Waals surface area contributed by atoms with Crippen LogP contribution in [0.15, 0.2) is 0 Å². The van der Waals surface area contributed by atoms with Gasteiger partial charge in [-0.05, 0) is 24.7 Å². The van der Waals surface area contributed by atoms with Crippen molar-refractivity contribution >= 4 is 27.5 Å². The maximum absolute atomic E-state index is 6.13. The van der Waals surface area contributed by atoms with Crippen molar-refractivity contribution in [3.63, 3.8) is 0 Å². The van der Waals surface area contributed by atoms with Crippen LogP contribution in [0.4, 0.5) is 0 Å². The summed E-state index contributed by atoms with van der Waals surface area (Å²) in [6, 6.07) is 0. The molecule has 2 aliphatic rings. The molecule has 3 atom stereocenters. The summed E-state index contributed by atoms with van der Waals surface area (Å²) in [6.45, 7) is 0. The van der Waals surface area contributed by atoms with E-state index in [1.54, 1.807) is 0 Å². The van der Waals surface area contributed by atoms with Crippen molar-refractivity contribution in [1.29, 1.82) is 0 Å². The van der Waals surface area contributed by atoms with E-state index in [0.29, 0.717) is 0 Å². The van der Waals surface area contributed by atoms with E-state index in [2.05, 4.69) is 15.9 Å². The Balaban J connectivity index is 2.06.